The number of amides is 1. The maximum absolute atomic E-state index is 13.2. The van der Waals surface area contributed by atoms with E-state index < -0.39 is 0 Å². The van der Waals surface area contributed by atoms with E-state index in [0.717, 1.165) is 49.4 Å². The van der Waals surface area contributed by atoms with Crippen LogP contribution in [-0.2, 0) is 13.0 Å². The predicted molar refractivity (Wildman–Crippen MR) is 113 cm³/mol. The van der Waals surface area contributed by atoms with Gasteiger partial charge in [0.15, 0.2) is 5.69 Å². The molecule has 0 aliphatic carbocycles. The molecule has 0 unspecified atom stereocenters. The van der Waals surface area contributed by atoms with Gasteiger partial charge in [-0.2, -0.15) is 5.10 Å². The Morgan fingerprint density at radius 2 is 1.79 bits per heavy atom. The summed E-state index contributed by atoms with van der Waals surface area (Å²) in [5.74, 6) is -0.0346. The molecular weight excluding hydrogens is 348 g/mol. The Labute approximate surface area is 166 Å². The summed E-state index contributed by atoms with van der Waals surface area (Å²) in [6.45, 7) is 4.56. The van der Waals surface area contributed by atoms with E-state index in [9.17, 15) is 4.79 Å². The molecule has 1 aliphatic heterocycles. The zero-order valence-electron chi connectivity index (χ0n) is 16.3. The number of hydrogen-bond donors (Lipinski definition) is 1. The zero-order chi connectivity index (χ0) is 19.3. The van der Waals surface area contributed by atoms with Crippen molar-refractivity contribution in [2.75, 3.05) is 22.9 Å². The Morgan fingerprint density at radius 1 is 1.04 bits per heavy atom. The zero-order valence-corrected chi connectivity index (χ0v) is 16.3. The highest BCUT2D eigenvalue weighted by Crippen LogP contribution is 2.34. The lowest BCUT2D eigenvalue weighted by Gasteiger charge is -2.26. The van der Waals surface area contributed by atoms with Crippen molar-refractivity contribution in [3.63, 3.8) is 0 Å². The molecule has 1 aromatic heterocycles. The number of aromatic amines is 1. The first-order valence-corrected chi connectivity index (χ1v) is 10.0. The number of hydrogen-bond acceptors (Lipinski definition) is 3. The quantitative estimate of drug-likeness (QED) is 0.719. The number of carbonyl (C=O) groups is 1. The number of nitrogens with one attached hydrogen (secondary N) is 1. The van der Waals surface area contributed by atoms with Crippen molar-refractivity contribution in [3.05, 3.63) is 77.6 Å². The maximum Gasteiger partial charge on any atom is 0.278 e. The standard InChI is InChI=1S/C23H26N4O/c1-2-9-19-16-20(25-24-19)23(28)27-15-8-14-26(17-18-10-4-3-5-11-18)21-12-6-7-13-22(21)27/h3-7,10-13,16H,2,8-9,14-15,17H2,1H3,(H,24,25). The fraction of sp³-hybridized carbons (Fsp3) is 0.304. The molecular formula is C23H26N4O. The minimum atomic E-state index is -0.0346. The summed E-state index contributed by atoms with van der Waals surface area (Å²) in [5, 5.41) is 7.27. The fourth-order valence-corrected chi connectivity index (χ4v) is 3.81. The van der Waals surface area contributed by atoms with Gasteiger partial charge >= 0.3 is 0 Å². The second-order valence-electron chi connectivity index (χ2n) is 7.23. The minimum Gasteiger partial charge on any atom is -0.365 e. The van der Waals surface area contributed by atoms with Gasteiger partial charge in [-0.15, -0.1) is 0 Å². The molecule has 5 nitrogen and oxygen atoms in total. The molecule has 0 bridgehead atoms. The van der Waals surface area contributed by atoms with Crippen LogP contribution in [0.5, 0.6) is 0 Å². The van der Waals surface area contributed by atoms with Crippen LogP contribution in [0.15, 0.2) is 60.7 Å². The lowest BCUT2D eigenvalue weighted by atomic mass is 10.1. The van der Waals surface area contributed by atoms with E-state index in [4.69, 9.17) is 0 Å². The molecule has 0 saturated heterocycles. The number of nitrogens with zero attached hydrogens (tertiary/aromatic N) is 3. The molecule has 0 saturated carbocycles. The summed E-state index contributed by atoms with van der Waals surface area (Å²) in [7, 11) is 0. The van der Waals surface area contributed by atoms with E-state index in [1.54, 1.807) is 0 Å². The summed E-state index contributed by atoms with van der Waals surface area (Å²) < 4.78 is 0. The summed E-state index contributed by atoms with van der Waals surface area (Å²) in [4.78, 5) is 17.5. The molecule has 1 N–H and O–H groups in total. The molecule has 0 radical (unpaired) electrons. The highest BCUT2D eigenvalue weighted by molar-refractivity contribution is 6.06. The van der Waals surface area contributed by atoms with E-state index >= 15 is 0 Å². The normalized spacial score (nSPS) is 13.9. The van der Waals surface area contributed by atoms with Crippen LogP contribution in [0.4, 0.5) is 11.4 Å². The Hall–Kier alpha value is -3.08. The molecule has 144 valence electrons. The monoisotopic (exact) mass is 374 g/mol. The van der Waals surface area contributed by atoms with Gasteiger partial charge in [0.05, 0.1) is 11.4 Å². The molecule has 28 heavy (non-hydrogen) atoms. The first-order chi connectivity index (χ1) is 13.8. The first kappa shape index (κ1) is 18.3. The number of anilines is 2. The predicted octanol–water partition coefficient (Wildman–Crippen LogP) is 4.42. The van der Waals surface area contributed by atoms with Crippen LogP contribution in [0.25, 0.3) is 0 Å². The van der Waals surface area contributed by atoms with Gasteiger partial charge in [-0.1, -0.05) is 55.8 Å². The minimum absolute atomic E-state index is 0.0346. The molecule has 0 fully saturated rings. The van der Waals surface area contributed by atoms with Gasteiger partial charge in [0.1, 0.15) is 0 Å². The van der Waals surface area contributed by atoms with Crippen molar-refractivity contribution in [2.24, 2.45) is 0 Å². The van der Waals surface area contributed by atoms with Crippen LogP contribution < -0.4 is 9.80 Å². The molecule has 1 amide bonds. The van der Waals surface area contributed by atoms with Crippen molar-refractivity contribution in [2.45, 2.75) is 32.7 Å². The Balaban J connectivity index is 1.63. The largest absolute Gasteiger partial charge is 0.365 e. The summed E-state index contributed by atoms with van der Waals surface area (Å²) in [6, 6.07) is 20.5. The van der Waals surface area contributed by atoms with Crippen LogP contribution in [0.3, 0.4) is 0 Å². The molecule has 2 aromatic carbocycles. The third kappa shape index (κ3) is 3.79. The van der Waals surface area contributed by atoms with Crippen molar-refractivity contribution in [1.29, 1.82) is 0 Å². The number of para-hydroxylation sites is 2. The SMILES string of the molecule is CCCc1cc(C(=O)N2CCCN(Cc3ccccc3)c3ccccc32)n[nH]1. The smallest absolute Gasteiger partial charge is 0.278 e. The number of rotatable bonds is 5. The van der Waals surface area contributed by atoms with Gasteiger partial charge in [0.25, 0.3) is 5.91 Å². The van der Waals surface area contributed by atoms with Crippen LogP contribution in [0.2, 0.25) is 0 Å². The van der Waals surface area contributed by atoms with Gasteiger partial charge < -0.3 is 9.80 Å². The number of aryl methyl sites for hydroxylation is 1. The van der Waals surface area contributed by atoms with Crippen LogP contribution >= 0.6 is 0 Å². The molecule has 0 spiro atoms. The number of carbonyl (C=O) groups excluding carboxylic acids is 1. The van der Waals surface area contributed by atoms with Crippen molar-refractivity contribution < 1.29 is 4.79 Å². The molecule has 2 heterocycles. The van der Waals surface area contributed by atoms with Crippen molar-refractivity contribution in [3.8, 4) is 0 Å². The number of H-pyrrole nitrogens is 1. The highest BCUT2D eigenvalue weighted by Gasteiger charge is 2.26. The second kappa shape index (κ2) is 8.30. The van der Waals surface area contributed by atoms with Gasteiger partial charge in [-0.25, -0.2) is 0 Å². The molecule has 0 atom stereocenters. The van der Waals surface area contributed by atoms with E-state index in [0.29, 0.717) is 12.2 Å². The second-order valence-corrected chi connectivity index (χ2v) is 7.23. The Morgan fingerprint density at radius 3 is 2.57 bits per heavy atom. The van der Waals surface area contributed by atoms with Crippen LogP contribution in [0.1, 0.15) is 41.5 Å². The molecule has 1 aliphatic rings. The molecule has 4 rings (SSSR count). The summed E-state index contributed by atoms with van der Waals surface area (Å²) in [6.07, 6.45) is 2.85. The maximum atomic E-state index is 13.2. The third-order valence-corrected chi connectivity index (χ3v) is 5.15. The van der Waals surface area contributed by atoms with E-state index in [2.05, 4.69) is 52.4 Å². The fourth-order valence-electron chi connectivity index (χ4n) is 3.81. The summed E-state index contributed by atoms with van der Waals surface area (Å²) in [5.41, 5.74) is 4.84. The molecule has 5 heteroatoms. The number of fused-ring (bicyclic) bond motifs is 1. The van der Waals surface area contributed by atoms with E-state index in [-0.39, 0.29) is 5.91 Å². The van der Waals surface area contributed by atoms with Gasteiger partial charge in [-0.05, 0) is 36.6 Å². The van der Waals surface area contributed by atoms with Crippen LogP contribution in [-0.4, -0.2) is 29.2 Å². The average molecular weight is 374 g/mol. The van der Waals surface area contributed by atoms with Gasteiger partial charge in [-0.3, -0.25) is 9.89 Å². The van der Waals surface area contributed by atoms with Crippen LogP contribution in [0, 0.1) is 0 Å². The summed E-state index contributed by atoms with van der Waals surface area (Å²) >= 11 is 0. The number of benzene rings is 2. The van der Waals surface area contributed by atoms with Crippen molar-refractivity contribution >= 4 is 17.3 Å². The molecule has 3 aromatic rings. The van der Waals surface area contributed by atoms with Gasteiger partial charge in [0.2, 0.25) is 0 Å². The van der Waals surface area contributed by atoms with E-state index in [1.807, 2.05) is 35.2 Å². The third-order valence-electron chi connectivity index (χ3n) is 5.15. The lowest BCUT2D eigenvalue weighted by Crippen LogP contribution is -2.31. The average Bonchev–Trinajstić information content (AvgIpc) is 3.12. The Bertz CT molecular complexity index is 935. The first-order valence-electron chi connectivity index (χ1n) is 10.0. The topological polar surface area (TPSA) is 52.2 Å². The lowest BCUT2D eigenvalue weighted by molar-refractivity contribution is 0.0982. The number of aromatic nitrogens is 2. The Kier molecular flexibility index (Phi) is 5.42. The van der Waals surface area contributed by atoms with Crippen molar-refractivity contribution in [1.82, 2.24) is 10.2 Å². The highest BCUT2D eigenvalue weighted by atomic mass is 16.2. The van der Waals surface area contributed by atoms with Gasteiger partial charge in [0, 0.05) is 25.3 Å². The van der Waals surface area contributed by atoms with E-state index in [1.165, 1.54) is 5.56 Å².